The maximum atomic E-state index is 14.1. The van der Waals surface area contributed by atoms with Crippen LogP contribution < -0.4 is 5.32 Å². The second kappa shape index (κ2) is 10.4. The number of rotatable bonds is 11. The topological polar surface area (TPSA) is 64.6 Å². The molecule has 0 saturated heterocycles. The van der Waals surface area contributed by atoms with Crippen LogP contribution in [-0.4, -0.2) is 47.2 Å². The molecule has 0 aromatic heterocycles. The van der Waals surface area contributed by atoms with Crippen molar-refractivity contribution in [2.24, 2.45) is 0 Å². The lowest BCUT2D eigenvalue weighted by atomic mass is 9.98. The number of hydrogen-bond acceptors (Lipinski definition) is 5. The lowest BCUT2D eigenvalue weighted by Gasteiger charge is -2.21. The van der Waals surface area contributed by atoms with Gasteiger partial charge in [-0.3, -0.25) is 4.18 Å². The Morgan fingerprint density at radius 3 is 2.00 bits per heavy atom. The highest BCUT2D eigenvalue weighted by Gasteiger charge is 2.16. The molecule has 0 aliphatic carbocycles. The van der Waals surface area contributed by atoms with Crippen molar-refractivity contribution in [2.45, 2.75) is 12.2 Å². The Morgan fingerprint density at radius 1 is 0.962 bits per heavy atom. The fourth-order valence-corrected chi connectivity index (χ4v) is 2.85. The van der Waals surface area contributed by atoms with Crippen molar-refractivity contribution in [3.05, 3.63) is 71.8 Å². The van der Waals surface area contributed by atoms with Gasteiger partial charge in [0.15, 0.2) is 0 Å². The molecule has 5 nitrogen and oxygen atoms in total. The van der Waals surface area contributed by atoms with E-state index in [4.69, 9.17) is 4.74 Å². The smallest absolute Gasteiger partial charge is 0.264 e. The summed E-state index contributed by atoms with van der Waals surface area (Å²) in [6.07, 6.45) is -0.259. The van der Waals surface area contributed by atoms with E-state index in [1.54, 1.807) is 0 Å². The minimum Gasteiger partial charge on any atom is -0.376 e. The van der Waals surface area contributed by atoms with Gasteiger partial charge in [0.2, 0.25) is 0 Å². The molecule has 0 heterocycles. The fraction of sp³-hybridized carbons (Fsp3) is 0.368. The van der Waals surface area contributed by atoms with E-state index in [9.17, 15) is 12.8 Å². The van der Waals surface area contributed by atoms with Crippen LogP contribution in [0.5, 0.6) is 0 Å². The monoisotopic (exact) mass is 381 g/mol. The Labute approximate surface area is 154 Å². The van der Waals surface area contributed by atoms with Crippen LogP contribution in [0.15, 0.2) is 60.7 Å². The zero-order chi connectivity index (χ0) is 18.8. The van der Waals surface area contributed by atoms with Crippen molar-refractivity contribution in [2.75, 3.05) is 32.6 Å². The molecule has 1 N–H and O–H groups in total. The SMILES string of the molecule is CS(=O)(=O)OCCOCC(F)CNC(c1ccccc1)c1ccccc1. The first-order valence-electron chi connectivity index (χ1n) is 8.35. The van der Waals surface area contributed by atoms with E-state index < -0.39 is 16.3 Å². The number of nitrogens with one attached hydrogen (secondary N) is 1. The van der Waals surface area contributed by atoms with Crippen LogP contribution in [-0.2, 0) is 19.0 Å². The van der Waals surface area contributed by atoms with Gasteiger partial charge in [-0.1, -0.05) is 60.7 Å². The van der Waals surface area contributed by atoms with Crippen molar-refractivity contribution in [1.82, 2.24) is 5.32 Å². The molecule has 1 atom stereocenters. The summed E-state index contributed by atoms with van der Waals surface area (Å²) in [6, 6.07) is 19.5. The lowest BCUT2D eigenvalue weighted by molar-refractivity contribution is 0.0611. The fourth-order valence-electron chi connectivity index (χ4n) is 2.48. The molecule has 0 bridgehead atoms. The van der Waals surface area contributed by atoms with Gasteiger partial charge in [0, 0.05) is 6.54 Å². The van der Waals surface area contributed by atoms with E-state index in [0.717, 1.165) is 17.4 Å². The maximum Gasteiger partial charge on any atom is 0.264 e. The highest BCUT2D eigenvalue weighted by atomic mass is 32.2. The largest absolute Gasteiger partial charge is 0.376 e. The van der Waals surface area contributed by atoms with Crippen LogP contribution in [0.2, 0.25) is 0 Å². The van der Waals surface area contributed by atoms with Crippen LogP contribution in [0.3, 0.4) is 0 Å². The van der Waals surface area contributed by atoms with E-state index in [0.29, 0.717) is 0 Å². The Morgan fingerprint density at radius 2 is 1.50 bits per heavy atom. The molecular weight excluding hydrogens is 357 g/mol. The van der Waals surface area contributed by atoms with Gasteiger partial charge < -0.3 is 10.1 Å². The van der Waals surface area contributed by atoms with Crippen molar-refractivity contribution < 1.29 is 21.7 Å². The van der Waals surface area contributed by atoms with Gasteiger partial charge in [-0.2, -0.15) is 8.42 Å². The minimum atomic E-state index is -3.49. The first-order valence-corrected chi connectivity index (χ1v) is 10.2. The molecule has 26 heavy (non-hydrogen) atoms. The maximum absolute atomic E-state index is 14.1. The number of alkyl halides is 1. The van der Waals surface area contributed by atoms with Crippen LogP contribution in [0, 0.1) is 0 Å². The summed E-state index contributed by atoms with van der Waals surface area (Å²) in [5, 5.41) is 3.24. The van der Waals surface area contributed by atoms with Gasteiger partial charge in [-0.05, 0) is 11.1 Å². The molecule has 0 aliphatic heterocycles. The summed E-state index contributed by atoms with van der Waals surface area (Å²) < 4.78 is 45.4. The zero-order valence-electron chi connectivity index (χ0n) is 14.7. The lowest BCUT2D eigenvalue weighted by Crippen LogP contribution is -2.31. The average molecular weight is 381 g/mol. The molecule has 0 radical (unpaired) electrons. The quantitative estimate of drug-likeness (QED) is 0.479. The van der Waals surface area contributed by atoms with Gasteiger partial charge in [0.05, 0.1) is 32.1 Å². The first-order chi connectivity index (χ1) is 12.5. The van der Waals surface area contributed by atoms with Crippen LogP contribution in [0.1, 0.15) is 17.2 Å². The zero-order valence-corrected chi connectivity index (χ0v) is 15.5. The Bertz CT molecular complexity index is 701. The summed E-state index contributed by atoms with van der Waals surface area (Å²) >= 11 is 0. The Kier molecular flexibility index (Phi) is 8.18. The highest BCUT2D eigenvalue weighted by Crippen LogP contribution is 2.21. The van der Waals surface area contributed by atoms with E-state index in [1.807, 2.05) is 60.7 Å². The van der Waals surface area contributed by atoms with Crippen LogP contribution in [0.25, 0.3) is 0 Å². The van der Waals surface area contributed by atoms with Crippen LogP contribution >= 0.6 is 0 Å². The molecule has 2 aromatic carbocycles. The van der Waals surface area contributed by atoms with Gasteiger partial charge in [0.1, 0.15) is 6.17 Å². The van der Waals surface area contributed by atoms with Gasteiger partial charge in [-0.15, -0.1) is 0 Å². The summed E-state index contributed by atoms with van der Waals surface area (Å²) in [7, 11) is -3.49. The first kappa shape index (κ1) is 20.5. The number of halogens is 1. The number of benzene rings is 2. The molecular formula is C19H24FNO4S. The van der Waals surface area contributed by atoms with Gasteiger partial charge in [0.25, 0.3) is 10.1 Å². The molecule has 0 spiro atoms. The summed E-state index contributed by atoms with van der Waals surface area (Å²) in [5.41, 5.74) is 2.10. The highest BCUT2D eigenvalue weighted by molar-refractivity contribution is 7.85. The molecule has 142 valence electrons. The Hall–Kier alpha value is -1.80. The van der Waals surface area contributed by atoms with E-state index >= 15 is 0 Å². The third-order valence-corrected chi connectivity index (χ3v) is 4.23. The second-order valence-corrected chi connectivity index (χ2v) is 7.50. The summed E-state index contributed by atoms with van der Waals surface area (Å²) in [4.78, 5) is 0. The standard InChI is InChI=1S/C19H24FNO4S/c1-26(22,23)25-13-12-24-15-18(20)14-21-19(16-8-4-2-5-9-16)17-10-6-3-7-11-17/h2-11,18-19,21H,12-15H2,1H3. The summed E-state index contributed by atoms with van der Waals surface area (Å²) in [6.45, 7) is -0.109. The van der Waals surface area contributed by atoms with E-state index in [-0.39, 0.29) is 32.4 Å². The van der Waals surface area contributed by atoms with E-state index in [1.165, 1.54) is 0 Å². The molecule has 2 aromatic rings. The van der Waals surface area contributed by atoms with E-state index in [2.05, 4.69) is 9.50 Å². The molecule has 7 heteroatoms. The number of ether oxygens (including phenoxy) is 1. The second-order valence-electron chi connectivity index (χ2n) is 5.86. The molecule has 0 aliphatic rings. The molecule has 2 rings (SSSR count). The van der Waals surface area contributed by atoms with Crippen molar-refractivity contribution in [3.63, 3.8) is 0 Å². The predicted molar refractivity (Wildman–Crippen MR) is 99.2 cm³/mol. The van der Waals surface area contributed by atoms with Gasteiger partial charge >= 0.3 is 0 Å². The predicted octanol–water partition coefficient (Wildman–Crippen LogP) is 2.70. The molecule has 0 fully saturated rings. The third kappa shape index (κ3) is 7.61. The molecule has 0 saturated carbocycles. The van der Waals surface area contributed by atoms with Crippen molar-refractivity contribution in [1.29, 1.82) is 0 Å². The minimum absolute atomic E-state index is 0.0221. The van der Waals surface area contributed by atoms with Crippen molar-refractivity contribution >= 4 is 10.1 Å². The van der Waals surface area contributed by atoms with Crippen molar-refractivity contribution in [3.8, 4) is 0 Å². The third-order valence-electron chi connectivity index (χ3n) is 3.63. The Balaban J connectivity index is 1.83. The molecule has 1 unspecified atom stereocenters. The number of hydrogen-bond donors (Lipinski definition) is 1. The average Bonchev–Trinajstić information content (AvgIpc) is 2.62. The normalized spacial score (nSPS) is 13.0. The van der Waals surface area contributed by atoms with Crippen LogP contribution in [0.4, 0.5) is 4.39 Å². The summed E-state index contributed by atoms with van der Waals surface area (Å²) in [5.74, 6) is 0. The molecule has 0 amide bonds. The van der Waals surface area contributed by atoms with Gasteiger partial charge in [-0.25, -0.2) is 4.39 Å².